The van der Waals surface area contributed by atoms with Gasteiger partial charge in [-0.05, 0) is 26.0 Å². The Hall–Kier alpha value is -2.04. The van der Waals surface area contributed by atoms with Crippen LogP contribution in [0.25, 0.3) is 11.0 Å². The standard InChI is InChI=1S/C14H20N4O/c1-7(2)13-14(19)18-11-5-9(15)10(16-8(3)4)6-12(11)17-13/h5-8,16H,15H2,1-4H3,(H,18,19). The number of hydrogen-bond donors (Lipinski definition) is 3. The Labute approximate surface area is 112 Å². The number of nitrogens with two attached hydrogens (primary N) is 1. The van der Waals surface area contributed by atoms with Gasteiger partial charge in [0.2, 0.25) is 0 Å². The zero-order valence-corrected chi connectivity index (χ0v) is 11.7. The Balaban J connectivity index is 2.63. The molecule has 0 bridgehead atoms. The average molecular weight is 260 g/mol. The second-order valence-corrected chi connectivity index (χ2v) is 5.36. The van der Waals surface area contributed by atoms with Crippen LogP contribution < -0.4 is 16.6 Å². The molecule has 0 aliphatic rings. The number of H-pyrrole nitrogens is 1. The van der Waals surface area contributed by atoms with Gasteiger partial charge in [0, 0.05) is 12.0 Å². The molecule has 0 atom stereocenters. The third kappa shape index (κ3) is 2.70. The molecule has 1 heterocycles. The Kier molecular flexibility index (Phi) is 3.46. The van der Waals surface area contributed by atoms with Crippen molar-refractivity contribution in [2.45, 2.75) is 39.7 Å². The molecule has 1 aromatic heterocycles. The van der Waals surface area contributed by atoms with Crippen molar-refractivity contribution in [3.8, 4) is 0 Å². The van der Waals surface area contributed by atoms with Crippen molar-refractivity contribution < 1.29 is 0 Å². The van der Waals surface area contributed by atoms with E-state index in [1.807, 2.05) is 33.8 Å². The topological polar surface area (TPSA) is 83.8 Å². The first-order chi connectivity index (χ1) is 8.88. The first-order valence-corrected chi connectivity index (χ1v) is 6.48. The van der Waals surface area contributed by atoms with E-state index >= 15 is 0 Å². The van der Waals surface area contributed by atoms with E-state index in [4.69, 9.17) is 5.73 Å². The summed E-state index contributed by atoms with van der Waals surface area (Å²) in [5, 5.41) is 3.27. The number of aromatic amines is 1. The number of nitrogens with zero attached hydrogens (tertiary/aromatic N) is 1. The van der Waals surface area contributed by atoms with Crippen molar-refractivity contribution >= 4 is 22.4 Å². The third-order valence-electron chi connectivity index (χ3n) is 2.88. The molecule has 0 aliphatic heterocycles. The fourth-order valence-electron chi connectivity index (χ4n) is 1.99. The quantitative estimate of drug-likeness (QED) is 0.740. The van der Waals surface area contributed by atoms with Crippen LogP contribution in [0, 0.1) is 0 Å². The summed E-state index contributed by atoms with van der Waals surface area (Å²) in [7, 11) is 0. The summed E-state index contributed by atoms with van der Waals surface area (Å²) in [5.41, 5.74) is 9.24. The Morgan fingerprint density at radius 1 is 1.26 bits per heavy atom. The van der Waals surface area contributed by atoms with Crippen molar-refractivity contribution in [1.82, 2.24) is 9.97 Å². The number of fused-ring (bicyclic) bond motifs is 1. The van der Waals surface area contributed by atoms with Crippen LogP contribution in [0.5, 0.6) is 0 Å². The Bertz CT molecular complexity index is 658. The zero-order valence-electron chi connectivity index (χ0n) is 11.7. The summed E-state index contributed by atoms with van der Waals surface area (Å²) in [6, 6.07) is 3.91. The summed E-state index contributed by atoms with van der Waals surface area (Å²) in [4.78, 5) is 19.2. The molecule has 2 aromatic rings. The lowest BCUT2D eigenvalue weighted by atomic mass is 10.1. The van der Waals surface area contributed by atoms with Crippen molar-refractivity contribution in [2.24, 2.45) is 0 Å². The minimum absolute atomic E-state index is 0.0900. The van der Waals surface area contributed by atoms with Gasteiger partial charge in [0.25, 0.3) is 5.56 Å². The van der Waals surface area contributed by atoms with Crippen LogP contribution in [0.2, 0.25) is 0 Å². The van der Waals surface area contributed by atoms with Crippen molar-refractivity contribution in [2.75, 3.05) is 11.1 Å². The normalized spacial score (nSPS) is 11.5. The summed E-state index contributed by atoms with van der Waals surface area (Å²) >= 11 is 0. The Morgan fingerprint density at radius 3 is 2.53 bits per heavy atom. The highest BCUT2D eigenvalue weighted by molar-refractivity contribution is 5.86. The lowest BCUT2D eigenvalue weighted by Crippen LogP contribution is -2.17. The van der Waals surface area contributed by atoms with Gasteiger partial charge in [-0.2, -0.15) is 0 Å². The molecule has 5 heteroatoms. The fraction of sp³-hybridized carbons (Fsp3) is 0.429. The highest BCUT2D eigenvalue weighted by atomic mass is 16.1. The number of nitrogen functional groups attached to an aromatic ring is 1. The van der Waals surface area contributed by atoms with Gasteiger partial charge in [-0.15, -0.1) is 0 Å². The van der Waals surface area contributed by atoms with E-state index in [9.17, 15) is 4.79 Å². The van der Waals surface area contributed by atoms with E-state index in [1.54, 1.807) is 6.07 Å². The minimum Gasteiger partial charge on any atom is -0.397 e. The second-order valence-electron chi connectivity index (χ2n) is 5.36. The summed E-state index contributed by atoms with van der Waals surface area (Å²) in [6.07, 6.45) is 0. The third-order valence-corrected chi connectivity index (χ3v) is 2.88. The Morgan fingerprint density at radius 2 is 1.95 bits per heavy atom. The predicted molar refractivity (Wildman–Crippen MR) is 79.6 cm³/mol. The molecule has 0 amide bonds. The SMILES string of the molecule is CC(C)Nc1cc2nc(C(C)C)c(=O)[nH]c2cc1N. The molecule has 0 spiro atoms. The van der Waals surface area contributed by atoms with Gasteiger partial charge in [0.1, 0.15) is 5.69 Å². The smallest absolute Gasteiger partial charge is 0.270 e. The van der Waals surface area contributed by atoms with Crippen LogP contribution in [-0.4, -0.2) is 16.0 Å². The minimum atomic E-state index is -0.147. The van der Waals surface area contributed by atoms with E-state index in [-0.39, 0.29) is 17.5 Å². The maximum absolute atomic E-state index is 11.9. The monoisotopic (exact) mass is 260 g/mol. The molecule has 0 fully saturated rings. The van der Waals surface area contributed by atoms with Crippen molar-refractivity contribution in [1.29, 1.82) is 0 Å². The highest BCUT2D eigenvalue weighted by Gasteiger charge is 2.11. The average Bonchev–Trinajstić information content (AvgIpc) is 2.29. The number of benzene rings is 1. The molecule has 0 saturated heterocycles. The zero-order chi connectivity index (χ0) is 14.2. The molecule has 2 rings (SSSR count). The van der Waals surface area contributed by atoms with Gasteiger partial charge in [-0.3, -0.25) is 4.79 Å². The molecule has 1 aromatic carbocycles. The summed E-state index contributed by atoms with van der Waals surface area (Å²) in [6.45, 7) is 7.99. The molecule has 0 saturated carbocycles. The van der Waals surface area contributed by atoms with Gasteiger partial charge >= 0.3 is 0 Å². The first-order valence-electron chi connectivity index (χ1n) is 6.48. The summed E-state index contributed by atoms with van der Waals surface area (Å²) in [5.74, 6) is 0.0900. The predicted octanol–water partition coefficient (Wildman–Crippen LogP) is 2.45. The van der Waals surface area contributed by atoms with Gasteiger partial charge in [-0.1, -0.05) is 13.8 Å². The lowest BCUT2D eigenvalue weighted by Gasteiger charge is -2.14. The largest absolute Gasteiger partial charge is 0.397 e. The number of hydrogen-bond acceptors (Lipinski definition) is 4. The van der Waals surface area contributed by atoms with E-state index in [2.05, 4.69) is 15.3 Å². The van der Waals surface area contributed by atoms with Gasteiger partial charge < -0.3 is 16.0 Å². The van der Waals surface area contributed by atoms with E-state index in [1.165, 1.54) is 0 Å². The molecule has 0 radical (unpaired) electrons. The fourth-order valence-corrected chi connectivity index (χ4v) is 1.99. The number of nitrogens with one attached hydrogen (secondary N) is 2. The number of rotatable bonds is 3. The van der Waals surface area contributed by atoms with Gasteiger partial charge in [0.05, 0.1) is 22.4 Å². The number of aromatic nitrogens is 2. The molecule has 5 nitrogen and oxygen atoms in total. The molecular weight excluding hydrogens is 240 g/mol. The molecule has 0 unspecified atom stereocenters. The first kappa shape index (κ1) is 13.4. The van der Waals surface area contributed by atoms with Crippen molar-refractivity contribution in [3.63, 3.8) is 0 Å². The molecular formula is C14H20N4O. The maximum atomic E-state index is 11.9. The molecule has 19 heavy (non-hydrogen) atoms. The van der Waals surface area contributed by atoms with Crippen molar-refractivity contribution in [3.05, 3.63) is 28.2 Å². The van der Waals surface area contributed by atoms with Crippen LogP contribution in [0.1, 0.15) is 39.3 Å². The van der Waals surface area contributed by atoms with Crippen LogP contribution in [0.4, 0.5) is 11.4 Å². The van der Waals surface area contributed by atoms with Crippen LogP contribution >= 0.6 is 0 Å². The molecule has 0 aliphatic carbocycles. The summed E-state index contributed by atoms with van der Waals surface area (Å²) < 4.78 is 0. The van der Waals surface area contributed by atoms with Crippen LogP contribution in [0.15, 0.2) is 16.9 Å². The van der Waals surface area contributed by atoms with E-state index in [0.29, 0.717) is 16.9 Å². The second kappa shape index (κ2) is 4.91. The van der Waals surface area contributed by atoms with Crippen LogP contribution in [0.3, 0.4) is 0 Å². The maximum Gasteiger partial charge on any atom is 0.270 e. The van der Waals surface area contributed by atoms with Gasteiger partial charge in [0.15, 0.2) is 0 Å². The van der Waals surface area contributed by atoms with E-state index < -0.39 is 0 Å². The number of anilines is 2. The molecule has 4 N–H and O–H groups in total. The van der Waals surface area contributed by atoms with Crippen LogP contribution in [-0.2, 0) is 0 Å². The van der Waals surface area contributed by atoms with E-state index in [0.717, 1.165) is 11.2 Å². The lowest BCUT2D eigenvalue weighted by molar-refractivity contribution is 0.807. The highest BCUT2D eigenvalue weighted by Crippen LogP contribution is 2.24. The molecule has 102 valence electrons. The van der Waals surface area contributed by atoms with Gasteiger partial charge in [-0.25, -0.2) is 4.98 Å².